The maximum absolute atomic E-state index is 13.4. The molecule has 15 nitrogen and oxygen atoms in total. The zero-order valence-corrected chi connectivity index (χ0v) is 25.7. The molecule has 1 saturated carbocycles. The van der Waals surface area contributed by atoms with Gasteiger partial charge >= 0.3 is 5.97 Å². The fourth-order valence-electron chi connectivity index (χ4n) is 4.67. The lowest BCUT2D eigenvalue weighted by molar-refractivity contribution is -0.689. The Morgan fingerprint density at radius 3 is 2.69 bits per heavy atom. The zero-order valence-electron chi connectivity index (χ0n) is 23.2. The third-order valence-corrected chi connectivity index (χ3v) is 10.4. The van der Waals surface area contributed by atoms with Gasteiger partial charge in [-0.3, -0.25) is 19.3 Å². The van der Waals surface area contributed by atoms with Gasteiger partial charge in [0, 0.05) is 45.1 Å². The summed E-state index contributed by atoms with van der Waals surface area (Å²) in [7, 11) is 0. The van der Waals surface area contributed by atoms with E-state index < -0.39 is 47.0 Å². The third-order valence-electron chi connectivity index (χ3n) is 7.03. The first kappa shape index (κ1) is 30.5. The Hall–Kier alpha value is -4.55. The first-order valence-electron chi connectivity index (χ1n) is 13.5. The van der Waals surface area contributed by atoms with Crippen molar-refractivity contribution < 1.29 is 39.2 Å². The molecular weight excluding hydrogens is 647 g/mol. The highest BCUT2D eigenvalue weighted by Gasteiger charge is 2.54. The molecule has 3 aromatic rings. The molecular formula is C27H26N7O8S3+. The lowest BCUT2D eigenvalue weighted by Gasteiger charge is -2.49. The molecule has 6 rings (SSSR count). The summed E-state index contributed by atoms with van der Waals surface area (Å²) >= 11 is 4.19. The van der Waals surface area contributed by atoms with Gasteiger partial charge in [-0.15, -0.1) is 34.9 Å². The molecule has 0 aromatic carbocycles. The van der Waals surface area contributed by atoms with Crippen molar-refractivity contribution in [1.29, 1.82) is 0 Å². The van der Waals surface area contributed by atoms with Crippen molar-refractivity contribution in [1.82, 2.24) is 19.9 Å². The number of nitrogens with zero attached hydrogens (tertiary/aromatic N) is 5. The number of aromatic nitrogens is 3. The van der Waals surface area contributed by atoms with Gasteiger partial charge < -0.3 is 31.3 Å². The molecule has 2 amide bonds. The van der Waals surface area contributed by atoms with Crippen molar-refractivity contribution in [2.24, 2.45) is 5.16 Å². The van der Waals surface area contributed by atoms with Crippen LogP contribution >= 0.6 is 34.9 Å². The fraction of sp³-hybridized carbons (Fsp3) is 0.296. The van der Waals surface area contributed by atoms with E-state index in [0.29, 0.717) is 27.9 Å². The summed E-state index contributed by atoms with van der Waals surface area (Å²) in [5.74, 6) is -3.01. The quantitative estimate of drug-likeness (QED) is 0.0627. The molecule has 2 atom stereocenters. The number of amides is 2. The Balaban J connectivity index is 1.16. The molecule has 5 heterocycles. The second-order valence-corrected chi connectivity index (χ2v) is 13.7. The van der Waals surface area contributed by atoms with Crippen molar-refractivity contribution in [2.45, 2.75) is 47.6 Å². The van der Waals surface area contributed by atoms with Gasteiger partial charge in [0.05, 0.1) is 6.20 Å². The van der Waals surface area contributed by atoms with Gasteiger partial charge in [-0.25, -0.2) is 14.3 Å². The molecule has 0 spiro atoms. The molecule has 0 unspecified atom stereocenters. The number of carboxylic acid groups (broad SMARTS) is 1. The summed E-state index contributed by atoms with van der Waals surface area (Å²) in [6.45, 7) is -0.175. The second kappa shape index (κ2) is 12.4. The molecule has 6 N–H and O–H groups in total. The highest BCUT2D eigenvalue weighted by Crippen LogP contribution is 2.41. The summed E-state index contributed by atoms with van der Waals surface area (Å²) in [5.41, 5.74) is 5.08. The first-order valence-corrected chi connectivity index (χ1v) is 16.3. The van der Waals surface area contributed by atoms with Crippen LogP contribution in [-0.4, -0.2) is 75.9 Å². The first-order chi connectivity index (χ1) is 21.6. The number of nitrogens with two attached hydrogens (primary N) is 1. The van der Waals surface area contributed by atoms with Crippen LogP contribution in [0.1, 0.15) is 24.2 Å². The molecule has 18 heteroatoms. The van der Waals surface area contributed by atoms with Gasteiger partial charge in [0.2, 0.25) is 5.43 Å². The number of hydrogen-bond donors (Lipinski definition) is 5. The van der Waals surface area contributed by atoms with E-state index in [9.17, 15) is 34.6 Å². The molecule has 2 fully saturated rings. The fourth-order valence-corrected chi connectivity index (χ4v) is 7.58. The van der Waals surface area contributed by atoms with E-state index in [-0.39, 0.29) is 27.9 Å². The number of aliphatic carboxylic acids is 1. The van der Waals surface area contributed by atoms with Crippen LogP contribution in [0, 0.1) is 0 Å². The normalized spacial score (nSPS) is 19.6. The Bertz CT molecular complexity index is 1800. The minimum Gasteiger partial charge on any atom is -0.503 e. The topological polar surface area (TPSA) is 214 Å². The Morgan fingerprint density at radius 1 is 1.27 bits per heavy atom. The number of oxime groups is 1. The van der Waals surface area contributed by atoms with Gasteiger partial charge in [-0.2, -0.15) is 4.73 Å². The van der Waals surface area contributed by atoms with Crippen LogP contribution in [0.4, 0.5) is 5.13 Å². The number of pyridine rings is 2. The summed E-state index contributed by atoms with van der Waals surface area (Å²) in [6, 6.07) is 3.87. The molecule has 3 aromatic heterocycles. The van der Waals surface area contributed by atoms with E-state index in [2.05, 4.69) is 15.5 Å². The van der Waals surface area contributed by atoms with Gasteiger partial charge in [0.25, 0.3) is 11.8 Å². The van der Waals surface area contributed by atoms with E-state index in [1.54, 1.807) is 0 Å². The summed E-state index contributed by atoms with van der Waals surface area (Å²) in [4.78, 5) is 62.3. The average Bonchev–Trinajstić information content (AvgIpc) is 3.73. The van der Waals surface area contributed by atoms with Crippen LogP contribution in [0.5, 0.6) is 5.75 Å². The van der Waals surface area contributed by atoms with Crippen LogP contribution < -0.4 is 21.0 Å². The molecule has 2 aliphatic heterocycles. The van der Waals surface area contributed by atoms with E-state index in [4.69, 9.17) is 10.6 Å². The second-order valence-electron chi connectivity index (χ2n) is 10.3. The summed E-state index contributed by atoms with van der Waals surface area (Å²) < 4.78 is 2.34. The number of nitrogen functional groups attached to an aromatic ring is 1. The number of hydrogen-bond acceptors (Lipinski definition) is 13. The van der Waals surface area contributed by atoms with Crippen LogP contribution in [-0.2, 0) is 32.4 Å². The molecule has 0 radical (unpaired) electrons. The summed E-state index contributed by atoms with van der Waals surface area (Å²) in [6.07, 6.45) is 7.00. The van der Waals surface area contributed by atoms with E-state index in [1.165, 1.54) is 34.9 Å². The maximum atomic E-state index is 13.4. The van der Waals surface area contributed by atoms with Crippen molar-refractivity contribution in [2.75, 3.05) is 11.5 Å². The molecule has 1 saturated heterocycles. The number of carbonyl (C=O) groups excluding carboxylic acids is 2. The lowest BCUT2D eigenvalue weighted by atomic mass is 10.0. The number of nitrogens with one attached hydrogen (secondary N) is 1. The molecule has 234 valence electrons. The number of aromatic hydroxyl groups is 1. The minimum absolute atomic E-state index is 0.0500. The highest BCUT2D eigenvalue weighted by atomic mass is 32.2. The third kappa shape index (κ3) is 6.47. The van der Waals surface area contributed by atoms with Crippen molar-refractivity contribution in [3.8, 4) is 5.75 Å². The van der Waals surface area contributed by atoms with Gasteiger partial charge in [0.15, 0.2) is 42.1 Å². The Labute approximate surface area is 267 Å². The van der Waals surface area contributed by atoms with Crippen LogP contribution in [0.25, 0.3) is 0 Å². The number of anilines is 1. The maximum Gasteiger partial charge on any atom is 0.352 e. The number of fused-ring (bicyclic) bond motifs is 1. The number of β-lactam (4-membered cyclic amide) rings is 1. The van der Waals surface area contributed by atoms with Crippen molar-refractivity contribution in [3.05, 3.63) is 75.1 Å². The highest BCUT2D eigenvalue weighted by molar-refractivity contribution is 8.00. The Kier molecular flexibility index (Phi) is 8.43. The van der Waals surface area contributed by atoms with Crippen LogP contribution in [0.2, 0.25) is 0 Å². The number of thioether (sulfide) groups is 2. The van der Waals surface area contributed by atoms with Crippen molar-refractivity contribution in [3.63, 3.8) is 0 Å². The number of rotatable bonds is 11. The SMILES string of the molecule is Nc1nc(/C(=N\OCc2cc(=O)c(O)cn2O)C(=O)N[C@H]2C(=O)N3C(C(=O)O)=C(C[n+]4ccc(SC5CC5)cc4)CS[C@@H]23)cs1. The molecule has 1 aliphatic carbocycles. The van der Waals surface area contributed by atoms with E-state index in [0.717, 1.165) is 28.5 Å². The summed E-state index contributed by atoms with van der Waals surface area (Å²) in [5, 5.41) is 37.4. The predicted molar refractivity (Wildman–Crippen MR) is 163 cm³/mol. The largest absolute Gasteiger partial charge is 0.503 e. The monoisotopic (exact) mass is 672 g/mol. The van der Waals surface area contributed by atoms with Gasteiger partial charge in [-0.1, -0.05) is 5.16 Å². The van der Waals surface area contributed by atoms with Crippen LogP contribution in [0.3, 0.4) is 0 Å². The van der Waals surface area contributed by atoms with E-state index in [1.807, 2.05) is 40.9 Å². The smallest absolute Gasteiger partial charge is 0.352 e. The lowest BCUT2D eigenvalue weighted by Crippen LogP contribution is -2.71. The zero-order chi connectivity index (χ0) is 31.8. The van der Waals surface area contributed by atoms with Gasteiger partial charge in [-0.05, 0) is 12.8 Å². The standard InChI is InChI=1S/C27H25N7O8S3/c28-27-29-17(12-44-27)20(31-42-10-14-7-18(35)19(36)9-33(14)41)23(37)30-21-24(38)34-22(26(39)40)13(11-43-25(21)34)8-32-5-3-16(4-6-32)45-15-1-2-15/h3-7,9,12,15,21,25,41H,1-2,8,10-11H2,(H4-,28,29,30,36,37,39,40)/p+1/b31-20+/t21-,25-/m0/s1. The Morgan fingerprint density at radius 2 is 2.02 bits per heavy atom. The van der Waals surface area contributed by atoms with E-state index >= 15 is 0 Å². The predicted octanol–water partition coefficient (Wildman–Crippen LogP) is 0.732. The molecule has 45 heavy (non-hydrogen) atoms. The molecule has 3 aliphatic rings. The minimum atomic E-state index is -1.24. The number of thiazole rings is 1. The number of carboxylic acids is 1. The average molecular weight is 673 g/mol. The van der Waals surface area contributed by atoms with Crippen LogP contribution in [0.15, 0.2) is 68.3 Å². The van der Waals surface area contributed by atoms with Gasteiger partial charge in [0.1, 0.15) is 28.5 Å². The number of carbonyl (C=O) groups is 3. The van der Waals surface area contributed by atoms with Crippen molar-refractivity contribution >= 4 is 63.5 Å². The molecule has 0 bridgehead atoms.